The zero-order valence-electron chi connectivity index (χ0n) is 11.1. The summed E-state index contributed by atoms with van der Waals surface area (Å²) in [5, 5.41) is 11.4. The maximum atomic E-state index is 13.1. The lowest BCUT2D eigenvalue weighted by molar-refractivity contribution is 0.217. The van der Waals surface area contributed by atoms with Crippen molar-refractivity contribution in [1.29, 1.82) is 0 Å². The van der Waals surface area contributed by atoms with Crippen LogP contribution in [-0.2, 0) is 6.54 Å². The molecule has 3 N–H and O–H groups in total. The van der Waals surface area contributed by atoms with E-state index in [1.54, 1.807) is 0 Å². The zero-order valence-corrected chi connectivity index (χ0v) is 11.1. The van der Waals surface area contributed by atoms with Crippen LogP contribution in [0.25, 0.3) is 0 Å². The van der Waals surface area contributed by atoms with Crippen LogP contribution in [-0.4, -0.2) is 28.5 Å². The van der Waals surface area contributed by atoms with Gasteiger partial charge in [-0.2, -0.15) is 0 Å². The molecule has 0 radical (unpaired) electrons. The van der Waals surface area contributed by atoms with Gasteiger partial charge in [-0.15, -0.1) is 0 Å². The van der Waals surface area contributed by atoms with Gasteiger partial charge in [-0.25, -0.2) is 8.78 Å². The van der Waals surface area contributed by atoms with E-state index in [9.17, 15) is 8.78 Å². The fourth-order valence-corrected chi connectivity index (χ4v) is 1.76. The number of oxime groups is 1. The van der Waals surface area contributed by atoms with Crippen LogP contribution in [0.2, 0.25) is 0 Å². The molecular formula is C13H19F2N3O. The number of amidine groups is 1. The molecule has 6 heteroatoms. The van der Waals surface area contributed by atoms with Crippen molar-refractivity contribution in [2.24, 2.45) is 10.9 Å². The van der Waals surface area contributed by atoms with Crippen LogP contribution < -0.4 is 5.73 Å². The molecule has 0 aliphatic carbocycles. The summed E-state index contributed by atoms with van der Waals surface area (Å²) in [5.74, 6) is -1.04. The van der Waals surface area contributed by atoms with Crippen molar-refractivity contribution < 1.29 is 14.0 Å². The average Bonchev–Trinajstić information content (AvgIpc) is 2.32. The number of nitrogens with two attached hydrogens (primary N) is 1. The number of hydrogen-bond acceptors (Lipinski definition) is 3. The Balaban J connectivity index is 2.72. The summed E-state index contributed by atoms with van der Waals surface area (Å²) in [6.07, 6.45) is 0.395. The van der Waals surface area contributed by atoms with Gasteiger partial charge in [-0.1, -0.05) is 5.16 Å². The molecule has 0 fully saturated rings. The fraction of sp³-hybridized carbons (Fsp3) is 0.462. The standard InChI is InChI=1S/C13H19F2N3O/c1-9(2)18(4-3-13(16)17-19)8-10-5-11(14)7-12(15)6-10/h5-7,9,19H,3-4,8H2,1-2H3,(H2,16,17). The Kier molecular flexibility index (Phi) is 5.69. The van der Waals surface area contributed by atoms with Gasteiger partial charge in [0.15, 0.2) is 0 Å². The van der Waals surface area contributed by atoms with Gasteiger partial charge < -0.3 is 10.9 Å². The molecule has 0 saturated heterocycles. The molecule has 1 rings (SSSR count). The zero-order chi connectivity index (χ0) is 14.4. The Morgan fingerprint density at radius 3 is 2.37 bits per heavy atom. The smallest absolute Gasteiger partial charge is 0.140 e. The molecule has 0 bridgehead atoms. The van der Waals surface area contributed by atoms with Crippen LogP contribution in [0, 0.1) is 11.6 Å². The Morgan fingerprint density at radius 2 is 1.89 bits per heavy atom. The molecule has 0 heterocycles. The second-order valence-corrected chi connectivity index (χ2v) is 4.68. The van der Waals surface area contributed by atoms with Crippen molar-refractivity contribution in [1.82, 2.24) is 4.90 Å². The topological polar surface area (TPSA) is 61.8 Å². The summed E-state index contributed by atoms with van der Waals surface area (Å²) in [4.78, 5) is 1.99. The number of rotatable bonds is 6. The third kappa shape index (κ3) is 5.21. The maximum Gasteiger partial charge on any atom is 0.140 e. The molecule has 0 saturated carbocycles. The third-order valence-corrected chi connectivity index (χ3v) is 2.82. The van der Waals surface area contributed by atoms with Gasteiger partial charge >= 0.3 is 0 Å². The van der Waals surface area contributed by atoms with E-state index in [1.165, 1.54) is 12.1 Å². The average molecular weight is 271 g/mol. The van der Waals surface area contributed by atoms with Crippen LogP contribution in [0.3, 0.4) is 0 Å². The Hall–Kier alpha value is -1.69. The van der Waals surface area contributed by atoms with E-state index in [0.717, 1.165) is 6.07 Å². The summed E-state index contributed by atoms with van der Waals surface area (Å²) in [5.41, 5.74) is 5.98. The summed E-state index contributed by atoms with van der Waals surface area (Å²) in [6.45, 7) is 4.90. The first-order chi connectivity index (χ1) is 8.92. The molecule has 0 amide bonds. The highest BCUT2D eigenvalue weighted by Crippen LogP contribution is 2.12. The monoisotopic (exact) mass is 271 g/mol. The van der Waals surface area contributed by atoms with Gasteiger partial charge in [0, 0.05) is 31.6 Å². The van der Waals surface area contributed by atoms with Gasteiger partial charge in [0.25, 0.3) is 0 Å². The van der Waals surface area contributed by atoms with E-state index in [4.69, 9.17) is 10.9 Å². The van der Waals surface area contributed by atoms with Crippen molar-refractivity contribution in [3.05, 3.63) is 35.4 Å². The van der Waals surface area contributed by atoms with E-state index >= 15 is 0 Å². The molecule has 0 aliphatic rings. The highest BCUT2D eigenvalue weighted by molar-refractivity contribution is 5.79. The minimum Gasteiger partial charge on any atom is -0.409 e. The molecule has 0 unspecified atom stereocenters. The van der Waals surface area contributed by atoms with Crippen LogP contribution >= 0.6 is 0 Å². The molecule has 1 aromatic rings. The molecular weight excluding hydrogens is 252 g/mol. The van der Waals surface area contributed by atoms with Crippen LogP contribution in [0.5, 0.6) is 0 Å². The second-order valence-electron chi connectivity index (χ2n) is 4.68. The quantitative estimate of drug-likeness (QED) is 0.361. The molecule has 4 nitrogen and oxygen atoms in total. The van der Waals surface area contributed by atoms with E-state index < -0.39 is 11.6 Å². The maximum absolute atomic E-state index is 13.1. The van der Waals surface area contributed by atoms with Gasteiger partial charge in [0.05, 0.1) is 0 Å². The Bertz CT molecular complexity index is 429. The van der Waals surface area contributed by atoms with E-state index in [-0.39, 0.29) is 11.9 Å². The first-order valence-corrected chi connectivity index (χ1v) is 6.07. The lowest BCUT2D eigenvalue weighted by atomic mass is 10.1. The molecule has 0 aromatic heterocycles. The highest BCUT2D eigenvalue weighted by atomic mass is 19.1. The summed E-state index contributed by atoms with van der Waals surface area (Å²) in [7, 11) is 0. The SMILES string of the molecule is CC(C)N(CC/C(N)=N/O)Cc1cc(F)cc(F)c1. The van der Waals surface area contributed by atoms with Gasteiger partial charge in [-0.05, 0) is 31.5 Å². The predicted octanol–water partition coefficient (Wildman–Crippen LogP) is 2.31. The van der Waals surface area contributed by atoms with Crippen molar-refractivity contribution in [3.8, 4) is 0 Å². The van der Waals surface area contributed by atoms with Crippen LogP contribution in [0.4, 0.5) is 8.78 Å². The lowest BCUT2D eigenvalue weighted by Crippen LogP contribution is -2.33. The highest BCUT2D eigenvalue weighted by Gasteiger charge is 2.12. The van der Waals surface area contributed by atoms with Crippen molar-refractivity contribution in [2.75, 3.05) is 6.54 Å². The summed E-state index contributed by atoms with van der Waals surface area (Å²) >= 11 is 0. The molecule has 19 heavy (non-hydrogen) atoms. The summed E-state index contributed by atoms with van der Waals surface area (Å²) in [6, 6.07) is 3.64. The first-order valence-electron chi connectivity index (χ1n) is 6.07. The number of nitrogens with zero attached hydrogens (tertiary/aromatic N) is 2. The molecule has 0 atom stereocenters. The molecule has 0 aliphatic heterocycles. The minimum absolute atomic E-state index is 0.135. The van der Waals surface area contributed by atoms with E-state index in [1.807, 2.05) is 18.7 Å². The molecule has 106 valence electrons. The molecule has 1 aromatic carbocycles. The number of hydrogen-bond donors (Lipinski definition) is 2. The number of benzene rings is 1. The van der Waals surface area contributed by atoms with Crippen LogP contribution in [0.15, 0.2) is 23.4 Å². The minimum atomic E-state index is -0.588. The van der Waals surface area contributed by atoms with E-state index in [0.29, 0.717) is 25.1 Å². The van der Waals surface area contributed by atoms with Gasteiger partial charge in [-0.3, -0.25) is 4.90 Å². The van der Waals surface area contributed by atoms with Crippen molar-refractivity contribution in [2.45, 2.75) is 32.9 Å². The third-order valence-electron chi connectivity index (χ3n) is 2.82. The largest absolute Gasteiger partial charge is 0.409 e. The number of halogens is 2. The Labute approximate surface area is 111 Å². The van der Waals surface area contributed by atoms with Crippen molar-refractivity contribution in [3.63, 3.8) is 0 Å². The van der Waals surface area contributed by atoms with Crippen LogP contribution in [0.1, 0.15) is 25.8 Å². The lowest BCUT2D eigenvalue weighted by Gasteiger charge is -2.26. The first kappa shape index (κ1) is 15.4. The molecule has 0 spiro atoms. The predicted molar refractivity (Wildman–Crippen MR) is 69.9 cm³/mol. The Morgan fingerprint density at radius 1 is 1.32 bits per heavy atom. The van der Waals surface area contributed by atoms with E-state index in [2.05, 4.69) is 5.16 Å². The van der Waals surface area contributed by atoms with Crippen molar-refractivity contribution >= 4 is 5.84 Å². The van der Waals surface area contributed by atoms with Gasteiger partial charge in [0.1, 0.15) is 17.5 Å². The second kappa shape index (κ2) is 7.04. The summed E-state index contributed by atoms with van der Waals surface area (Å²) < 4.78 is 26.2. The fourth-order valence-electron chi connectivity index (χ4n) is 1.76. The normalized spacial score (nSPS) is 12.4. The van der Waals surface area contributed by atoms with Gasteiger partial charge in [0.2, 0.25) is 0 Å².